The molecule has 0 unspecified atom stereocenters. The lowest BCUT2D eigenvalue weighted by molar-refractivity contribution is 0.884. The molecule has 0 aliphatic heterocycles. The zero-order valence-electron chi connectivity index (χ0n) is 19.7. The van der Waals surface area contributed by atoms with Gasteiger partial charge in [0.1, 0.15) is 6.07 Å². The Labute approximate surface area is 213 Å². The van der Waals surface area contributed by atoms with Gasteiger partial charge < -0.3 is 4.98 Å². The van der Waals surface area contributed by atoms with Crippen molar-refractivity contribution in [3.05, 3.63) is 107 Å². The van der Waals surface area contributed by atoms with Crippen molar-refractivity contribution in [2.75, 3.05) is 5.75 Å². The molecular weight excluding hydrogens is 466 g/mol. The van der Waals surface area contributed by atoms with Crippen LogP contribution in [0.5, 0.6) is 0 Å². The molecule has 2 aromatic heterocycles. The number of allylic oxidation sites excluding steroid dienone is 1. The van der Waals surface area contributed by atoms with Crippen LogP contribution >= 0.6 is 11.8 Å². The second-order valence-electron chi connectivity index (χ2n) is 8.19. The molecule has 0 aliphatic rings. The lowest BCUT2D eigenvalue weighted by Crippen LogP contribution is -2.11. The number of benzene rings is 3. The van der Waals surface area contributed by atoms with Crippen LogP contribution in [-0.2, 0) is 0 Å². The fraction of sp³-hybridized carbons (Fsp3) is 0.103. The number of nitriles is 1. The van der Waals surface area contributed by atoms with Gasteiger partial charge in [-0.15, -0.1) is 11.8 Å². The first kappa shape index (κ1) is 23.3. The third kappa shape index (κ3) is 4.85. The van der Waals surface area contributed by atoms with Gasteiger partial charge in [-0.05, 0) is 54.6 Å². The predicted molar refractivity (Wildman–Crippen MR) is 146 cm³/mol. The molecule has 1 N–H and O–H groups in total. The first-order chi connectivity index (χ1) is 17.7. The van der Waals surface area contributed by atoms with E-state index in [0.717, 1.165) is 34.7 Å². The summed E-state index contributed by atoms with van der Waals surface area (Å²) >= 11 is 1.82. The molecule has 3 aromatic carbocycles. The van der Waals surface area contributed by atoms with Crippen LogP contribution in [0, 0.1) is 11.3 Å². The Kier molecular flexibility index (Phi) is 6.78. The Morgan fingerprint density at radius 1 is 1.06 bits per heavy atom. The van der Waals surface area contributed by atoms with E-state index in [1.165, 1.54) is 4.90 Å². The second kappa shape index (κ2) is 10.5. The number of fused-ring (bicyclic) bond motifs is 1. The van der Waals surface area contributed by atoms with Gasteiger partial charge in [-0.3, -0.25) is 4.79 Å². The van der Waals surface area contributed by atoms with Gasteiger partial charge in [-0.1, -0.05) is 49.4 Å². The molecule has 0 atom stereocenters. The molecule has 0 amide bonds. The van der Waals surface area contributed by atoms with Crippen LogP contribution in [0.3, 0.4) is 0 Å². The molecule has 0 spiro atoms. The van der Waals surface area contributed by atoms with Gasteiger partial charge in [-0.25, -0.2) is 9.67 Å². The SMILES string of the molecule is CCCSc1ccc(-c2nn(-c3ccccc3)cc2/C=C(\C#N)c2nc3ccccc3c(=O)[nH]2)cc1. The first-order valence-corrected chi connectivity index (χ1v) is 12.6. The van der Waals surface area contributed by atoms with E-state index >= 15 is 0 Å². The maximum atomic E-state index is 12.6. The summed E-state index contributed by atoms with van der Waals surface area (Å²) in [6.07, 6.45) is 4.74. The van der Waals surface area contributed by atoms with Crippen molar-refractivity contribution in [1.29, 1.82) is 5.26 Å². The van der Waals surface area contributed by atoms with Crippen LogP contribution in [0.25, 0.3) is 39.5 Å². The van der Waals surface area contributed by atoms with Gasteiger partial charge >= 0.3 is 0 Å². The number of nitrogens with zero attached hydrogens (tertiary/aromatic N) is 4. The van der Waals surface area contributed by atoms with Crippen LogP contribution in [0.15, 0.2) is 94.7 Å². The average molecular weight is 490 g/mol. The van der Waals surface area contributed by atoms with E-state index in [2.05, 4.69) is 47.2 Å². The van der Waals surface area contributed by atoms with E-state index in [-0.39, 0.29) is 17.0 Å². The third-order valence-electron chi connectivity index (χ3n) is 5.65. The van der Waals surface area contributed by atoms with E-state index in [0.29, 0.717) is 10.9 Å². The molecule has 5 aromatic rings. The zero-order chi connectivity index (χ0) is 24.9. The minimum atomic E-state index is -0.280. The highest BCUT2D eigenvalue weighted by molar-refractivity contribution is 7.99. The standard InChI is InChI=1S/C29H23N5OS/c1-2-16-36-24-14-12-20(13-15-24)27-22(19-34(33-27)23-8-4-3-5-9-23)17-21(18-30)28-31-26-11-7-6-10-25(26)29(35)32-28/h3-15,17,19H,2,16H2,1H3,(H,31,32,35)/b21-17+. The molecule has 2 heterocycles. The number of hydrogen-bond acceptors (Lipinski definition) is 5. The second-order valence-corrected chi connectivity index (χ2v) is 9.36. The summed E-state index contributed by atoms with van der Waals surface area (Å²) in [4.78, 5) is 21.1. The van der Waals surface area contributed by atoms with Crippen molar-refractivity contribution in [1.82, 2.24) is 19.7 Å². The summed E-state index contributed by atoms with van der Waals surface area (Å²) in [6.45, 7) is 2.17. The van der Waals surface area contributed by atoms with Crippen LogP contribution < -0.4 is 5.56 Å². The summed E-state index contributed by atoms with van der Waals surface area (Å²) in [6, 6.07) is 27.4. The fourth-order valence-corrected chi connectivity index (χ4v) is 4.65. The fourth-order valence-electron chi connectivity index (χ4n) is 3.88. The van der Waals surface area contributed by atoms with Crippen molar-refractivity contribution in [3.8, 4) is 23.0 Å². The number of aromatic nitrogens is 4. The molecule has 7 heteroatoms. The lowest BCUT2D eigenvalue weighted by atomic mass is 10.1. The van der Waals surface area contributed by atoms with Gasteiger partial charge in [0.25, 0.3) is 5.56 Å². The van der Waals surface area contributed by atoms with E-state index in [4.69, 9.17) is 5.10 Å². The maximum Gasteiger partial charge on any atom is 0.259 e. The summed E-state index contributed by atoms with van der Waals surface area (Å²) in [5.74, 6) is 1.30. The molecule has 36 heavy (non-hydrogen) atoms. The molecule has 6 nitrogen and oxygen atoms in total. The van der Waals surface area contributed by atoms with Crippen molar-refractivity contribution in [2.45, 2.75) is 18.2 Å². The van der Waals surface area contributed by atoms with Gasteiger partial charge in [0, 0.05) is 22.2 Å². The third-order valence-corrected chi connectivity index (χ3v) is 6.87. The van der Waals surface area contributed by atoms with E-state index in [1.54, 1.807) is 29.0 Å². The lowest BCUT2D eigenvalue weighted by Gasteiger charge is -2.04. The zero-order valence-corrected chi connectivity index (χ0v) is 20.5. The van der Waals surface area contributed by atoms with Crippen LogP contribution in [0.4, 0.5) is 0 Å². The van der Waals surface area contributed by atoms with E-state index in [9.17, 15) is 10.1 Å². The smallest absolute Gasteiger partial charge is 0.259 e. The Morgan fingerprint density at radius 2 is 1.81 bits per heavy atom. The van der Waals surface area contributed by atoms with Crippen molar-refractivity contribution < 1.29 is 0 Å². The molecule has 0 saturated heterocycles. The topological polar surface area (TPSA) is 87.4 Å². The Bertz CT molecular complexity index is 1640. The molecule has 0 aliphatic carbocycles. The quantitative estimate of drug-likeness (QED) is 0.213. The van der Waals surface area contributed by atoms with Gasteiger partial charge in [0.15, 0.2) is 5.82 Å². The summed E-state index contributed by atoms with van der Waals surface area (Å²) in [7, 11) is 0. The number of hydrogen-bond donors (Lipinski definition) is 1. The minimum absolute atomic E-state index is 0.228. The highest BCUT2D eigenvalue weighted by atomic mass is 32.2. The summed E-state index contributed by atoms with van der Waals surface area (Å²) in [5, 5.41) is 15.3. The Balaban J connectivity index is 1.62. The predicted octanol–water partition coefficient (Wildman–Crippen LogP) is 6.34. The van der Waals surface area contributed by atoms with Crippen molar-refractivity contribution in [3.63, 3.8) is 0 Å². The van der Waals surface area contributed by atoms with Gasteiger partial charge in [0.2, 0.25) is 0 Å². The van der Waals surface area contributed by atoms with E-state index in [1.807, 2.05) is 54.4 Å². The number of thioether (sulfide) groups is 1. The minimum Gasteiger partial charge on any atom is -0.305 e. The van der Waals surface area contributed by atoms with Crippen LogP contribution in [-0.4, -0.2) is 25.5 Å². The molecule has 0 saturated carbocycles. The van der Waals surface area contributed by atoms with Crippen molar-refractivity contribution >= 4 is 34.3 Å². The number of nitrogens with one attached hydrogen (secondary N) is 1. The normalized spacial score (nSPS) is 11.5. The van der Waals surface area contributed by atoms with Crippen LogP contribution in [0.1, 0.15) is 24.7 Å². The number of H-pyrrole nitrogens is 1. The molecule has 0 radical (unpaired) electrons. The number of aromatic amines is 1. The van der Waals surface area contributed by atoms with E-state index < -0.39 is 0 Å². The average Bonchev–Trinajstić information content (AvgIpc) is 3.35. The summed E-state index contributed by atoms with van der Waals surface area (Å²) < 4.78 is 1.80. The number of para-hydroxylation sites is 2. The molecular formula is C29H23N5OS. The highest BCUT2D eigenvalue weighted by Crippen LogP contribution is 2.29. The molecule has 5 rings (SSSR count). The molecule has 0 fully saturated rings. The first-order valence-electron chi connectivity index (χ1n) is 11.7. The Morgan fingerprint density at radius 3 is 2.56 bits per heavy atom. The molecule has 176 valence electrons. The Hall–Kier alpha value is -4.41. The van der Waals surface area contributed by atoms with Crippen molar-refractivity contribution in [2.24, 2.45) is 0 Å². The summed E-state index contributed by atoms with van der Waals surface area (Å²) in [5.41, 5.74) is 3.84. The van der Waals surface area contributed by atoms with Gasteiger partial charge in [0.05, 0.1) is 27.9 Å². The maximum absolute atomic E-state index is 12.6. The van der Waals surface area contributed by atoms with Gasteiger partial charge in [-0.2, -0.15) is 10.4 Å². The number of rotatable bonds is 7. The largest absolute Gasteiger partial charge is 0.305 e. The molecule has 0 bridgehead atoms. The monoisotopic (exact) mass is 489 g/mol. The van der Waals surface area contributed by atoms with Crippen LogP contribution in [0.2, 0.25) is 0 Å². The highest BCUT2D eigenvalue weighted by Gasteiger charge is 2.14.